The molecule has 2 aromatic rings. The number of primary amides is 1. The average Bonchev–Trinajstić information content (AvgIpc) is 3.00. The van der Waals surface area contributed by atoms with Crippen LogP contribution in [-0.2, 0) is 0 Å². The summed E-state index contributed by atoms with van der Waals surface area (Å²) in [6.07, 6.45) is 6.74. The van der Waals surface area contributed by atoms with Crippen LogP contribution in [0.3, 0.4) is 0 Å². The molecular weight excluding hydrogens is 276 g/mol. The van der Waals surface area contributed by atoms with Gasteiger partial charge in [-0.15, -0.1) is 0 Å². The highest BCUT2D eigenvalue weighted by Gasteiger charge is 2.17. The molecule has 0 radical (unpaired) electrons. The molecule has 1 amide bonds. The van der Waals surface area contributed by atoms with E-state index in [2.05, 4.69) is 15.3 Å². The van der Waals surface area contributed by atoms with Crippen LogP contribution < -0.4 is 11.1 Å². The van der Waals surface area contributed by atoms with Gasteiger partial charge in [0.15, 0.2) is 0 Å². The van der Waals surface area contributed by atoms with E-state index in [0.29, 0.717) is 11.6 Å². The normalized spacial score (nSPS) is 15.0. The van der Waals surface area contributed by atoms with Crippen LogP contribution in [0.1, 0.15) is 41.9 Å². The van der Waals surface area contributed by atoms with Gasteiger partial charge in [0.2, 0.25) is 5.91 Å². The van der Waals surface area contributed by atoms with Crippen molar-refractivity contribution in [3.8, 4) is 11.1 Å². The van der Waals surface area contributed by atoms with Crippen LogP contribution in [0.25, 0.3) is 11.1 Å². The van der Waals surface area contributed by atoms with Crippen LogP contribution in [0.2, 0.25) is 0 Å². The molecule has 5 nitrogen and oxygen atoms in total. The highest BCUT2D eigenvalue weighted by Crippen LogP contribution is 2.29. The highest BCUT2D eigenvalue weighted by molar-refractivity contribution is 5.93. The molecule has 0 atom stereocenters. The molecule has 1 aliphatic rings. The van der Waals surface area contributed by atoms with E-state index in [1.807, 2.05) is 25.3 Å². The van der Waals surface area contributed by atoms with E-state index < -0.39 is 5.91 Å². The summed E-state index contributed by atoms with van der Waals surface area (Å²) in [4.78, 5) is 20.0. The van der Waals surface area contributed by atoms with Gasteiger partial charge in [-0.3, -0.25) is 4.79 Å². The maximum Gasteiger partial charge on any atom is 0.248 e. The van der Waals surface area contributed by atoms with Gasteiger partial charge in [0.1, 0.15) is 11.6 Å². The summed E-state index contributed by atoms with van der Waals surface area (Å²) in [6, 6.07) is 7.72. The molecule has 0 bridgehead atoms. The second-order valence-electron chi connectivity index (χ2n) is 5.75. The van der Waals surface area contributed by atoms with E-state index in [-0.39, 0.29) is 0 Å². The first kappa shape index (κ1) is 14.5. The lowest BCUT2D eigenvalue weighted by Gasteiger charge is -2.16. The zero-order valence-corrected chi connectivity index (χ0v) is 12.7. The van der Waals surface area contributed by atoms with Crippen LogP contribution in [0.5, 0.6) is 0 Å². The number of hydrogen-bond donors (Lipinski definition) is 2. The van der Waals surface area contributed by atoms with Gasteiger partial charge >= 0.3 is 0 Å². The lowest BCUT2D eigenvalue weighted by atomic mass is 10.0. The topological polar surface area (TPSA) is 80.9 Å². The standard InChI is InChI=1S/C17H20N4O/c1-11-19-10-15(12-6-8-13(9-7-12)16(18)22)17(20-11)21-14-4-2-3-5-14/h6-10,14H,2-5H2,1H3,(H2,18,22)(H,19,20,21). The van der Waals surface area contributed by atoms with Gasteiger partial charge in [-0.25, -0.2) is 9.97 Å². The van der Waals surface area contributed by atoms with Gasteiger partial charge in [0, 0.05) is 23.4 Å². The van der Waals surface area contributed by atoms with Crippen LogP contribution in [0, 0.1) is 6.92 Å². The number of rotatable bonds is 4. The molecule has 0 saturated heterocycles. The molecule has 3 N–H and O–H groups in total. The summed E-state index contributed by atoms with van der Waals surface area (Å²) in [6.45, 7) is 1.89. The highest BCUT2D eigenvalue weighted by atomic mass is 16.1. The zero-order valence-electron chi connectivity index (χ0n) is 12.7. The Bertz CT molecular complexity index is 676. The van der Waals surface area contributed by atoms with Crippen molar-refractivity contribution in [3.05, 3.63) is 41.9 Å². The SMILES string of the molecule is Cc1ncc(-c2ccc(C(N)=O)cc2)c(NC2CCCC2)n1. The molecule has 0 spiro atoms. The molecule has 1 aromatic heterocycles. The number of anilines is 1. The number of carbonyl (C=O) groups excluding carboxylic acids is 1. The van der Waals surface area contributed by atoms with Crippen LogP contribution in [0.4, 0.5) is 5.82 Å². The molecular formula is C17H20N4O. The van der Waals surface area contributed by atoms with E-state index in [9.17, 15) is 4.79 Å². The zero-order chi connectivity index (χ0) is 15.5. The number of benzene rings is 1. The molecule has 114 valence electrons. The number of nitrogens with one attached hydrogen (secondary N) is 1. The van der Waals surface area contributed by atoms with Gasteiger partial charge in [-0.05, 0) is 37.5 Å². The Balaban J connectivity index is 1.93. The Morgan fingerprint density at radius 1 is 1.23 bits per heavy atom. The van der Waals surface area contributed by atoms with E-state index in [0.717, 1.165) is 22.8 Å². The van der Waals surface area contributed by atoms with Crippen LogP contribution >= 0.6 is 0 Å². The Morgan fingerprint density at radius 2 is 1.91 bits per heavy atom. The first-order chi connectivity index (χ1) is 10.6. The predicted octanol–water partition coefficient (Wildman–Crippen LogP) is 2.91. The van der Waals surface area contributed by atoms with Gasteiger partial charge in [0.25, 0.3) is 0 Å². The lowest BCUT2D eigenvalue weighted by molar-refractivity contribution is 0.100. The summed E-state index contributed by atoms with van der Waals surface area (Å²) in [5.41, 5.74) is 7.72. The van der Waals surface area contributed by atoms with Crippen LogP contribution in [0.15, 0.2) is 30.5 Å². The molecule has 1 heterocycles. The largest absolute Gasteiger partial charge is 0.367 e. The minimum Gasteiger partial charge on any atom is -0.367 e. The molecule has 1 saturated carbocycles. The van der Waals surface area contributed by atoms with Crippen molar-refractivity contribution < 1.29 is 4.79 Å². The number of nitrogens with two attached hydrogens (primary N) is 1. The Morgan fingerprint density at radius 3 is 2.55 bits per heavy atom. The number of aromatic nitrogens is 2. The van der Waals surface area contributed by atoms with E-state index in [4.69, 9.17) is 5.73 Å². The Hall–Kier alpha value is -2.43. The van der Waals surface area contributed by atoms with Gasteiger partial charge < -0.3 is 11.1 Å². The number of carbonyl (C=O) groups is 1. The fourth-order valence-electron chi connectivity index (χ4n) is 2.87. The van der Waals surface area contributed by atoms with Crippen molar-refractivity contribution >= 4 is 11.7 Å². The third-order valence-corrected chi connectivity index (χ3v) is 4.09. The number of amides is 1. The van der Waals surface area contributed by atoms with Crippen molar-refractivity contribution in [3.63, 3.8) is 0 Å². The average molecular weight is 296 g/mol. The van der Waals surface area contributed by atoms with E-state index in [1.165, 1.54) is 25.7 Å². The first-order valence-electron chi connectivity index (χ1n) is 7.64. The maximum absolute atomic E-state index is 11.2. The molecule has 22 heavy (non-hydrogen) atoms. The minimum atomic E-state index is -0.420. The molecule has 1 aliphatic carbocycles. The summed E-state index contributed by atoms with van der Waals surface area (Å²) in [7, 11) is 0. The summed E-state index contributed by atoms with van der Waals surface area (Å²) < 4.78 is 0. The van der Waals surface area contributed by atoms with Gasteiger partial charge in [0.05, 0.1) is 0 Å². The molecule has 3 rings (SSSR count). The van der Waals surface area contributed by atoms with Gasteiger partial charge in [-0.1, -0.05) is 25.0 Å². The second-order valence-corrected chi connectivity index (χ2v) is 5.75. The van der Waals surface area contributed by atoms with Crippen LogP contribution in [-0.4, -0.2) is 21.9 Å². The summed E-state index contributed by atoms with van der Waals surface area (Å²) in [5.74, 6) is 1.19. The van der Waals surface area contributed by atoms with Crippen molar-refractivity contribution in [2.24, 2.45) is 5.73 Å². The first-order valence-corrected chi connectivity index (χ1v) is 7.64. The fraction of sp³-hybridized carbons (Fsp3) is 0.353. The molecule has 0 unspecified atom stereocenters. The van der Waals surface area contributed by atoms with Gasteiger partial charge in [-0.2, -0.15) is 0 Å². The monoisotopic (exact) mass is 296 g/mol. The summed E-state index contributed by atoms with van der Waals surface area (Å²) >= 11 is 0. The van der Waals surface area contributed by atoms with E-state index >= 15 is 0 Å². The molecule has 1 aromatic carbocycles. The van der Waals surface area contributed by atoms with Crippen molar-refractivity contribution in [2.75, 3.05) is 5.32 Å². The number of hydrogen-bond acceptors (Lipinski definition) is 4. The third-order valence-electron chi connectivity index (χ3n) is 4.09. The predicted molar refractivity (Wildman–Crippen MR) is 86.6 cm³/mol. The van der Waals surface area contributed by atoms with Crippen molar-refractivity contribution in [1.29, 1.82) is 0 Å². The quantitative estimate of drug-likeness (QED) is 0.909. The number of nitrogens with zero attached hydrogens (tertiary/aromatic N) is 2. The molecule has 5 heteroatoms. The fourth-order valence-corrected chi connectivity index (χ4v) is 2.87. The number of aryl methyl sites for hydroxylation is 1. The van der Waals surface area contributed by atoms with Crippen molar-refractivity contribution in [1.82, 2.24) is 9.97 Å². The van der Waals surface area contributed by atoms with E-state index in [1.54, 1.807) is 12.1 Å². The molecule has 1 fully saturated rings. The maximum atomic E-state index is 11.2. The van der Waals surface area contributed by atoms with Crippen molar-refractivity contribution in [2.45, 2.75) is 38.6 Å². The molecule has 0 aliphatic heterocycles. The Labute approximate surface area is 130 Å². The summed E-state index contributed by atoms with van der Waals surface area (Å²) in [5, 5.41) is 3.54. The lowest BCUT2D eigenvalue weighted by Crippen LogP contribution is -2.17. The second kappa shape index (κ2) is 6.13. The third kappa shape index (κ3) is 3.08. The smallest absolute Gasteiger partial charge is 0.248 e. The minimum absolute atomic E-state index is 0.420. The Kier molecular flexibility index (Phi) is 4.04.